The smallest absolute Gasteiger partial charge is 0.410 e. The van der Waals surface area contributed by atoms with E-state index in [1.54, 1.807) is 0 Å². The maximum absolute atomic E-state index is 12.1. The highest BCUT2D eigenvalue weighted by Gasteiger charge is 2.25. The molecule has 0 radical (unpaired) electrons. The Morgan fingerprint density at radius 2 is 2.13 bits per heavy atom. The van der Waals surface area contributed by atoms with Gasteiger partial charge in [0.05, 0.1) is 6.61 Å². The summed E-state index contributed by atoms with van der Waals surface area (Å²) in [5.74, 6) is 1.14. The normalized spacial score (nSPS) is 16.9. The quantitative estimate of drug-likeness (QED) is 0.800. The number of nitrogens with zero attached hydrogens (tertiary/aromatic N) is 2. The second kappa shape index (κ2) is 8.75. The van der Waals surface area contributed by atoms with Gasteiger partial charge in [0.2, 0.25) is 5.88 Å². The van der Waals surface area contributed by atoms with E-state index in [0.29, 0.717) is 18.4 Å². The molecule has 2 heterocycles. The molecule has 23 heavy (non-hydrogen) atoms. The zero-order valence-electron chi connectivity index (χ0n) is 14.5. The second-order valence-electron chi connectivity index (χ2n) is 6.40. The van der Waals surface area contributed by atoms with Crippen molar-refractivity contribution in [2.24, 2.45) is 5.92 Å². The van der Waals surface area contributed by atoms with Gasteiger partial charge in [-0.1, -0.05) is 19.4 Å². The molecule has 1 aromatic rings. The standard InChI is InChI=1S/C18H28N2O3/c1-4-5-15(3)23-18(21)20-10-8-16(9-11-20)13-22-17-7-6-14(2)12-19-17/h6-7,12,15-16H,4-5,8-11,13H2,1-3H3. The molecule has 1 amide bonds. The summed E-state index contributed by atoms with van der Waals surface area (Å²) in [5.41, 5.74) is 1.13. The number of likely N-dealkylation sites (tertiary alicyclic amines) is 1. The summed E-state index contributed by atoms with van der Waals surface area (Å²) in [4.78, 5) is 18.1. The average Bonchev–Trinajstić information content (AvgIpc) is 2.55. The molecule has 5 heteroatoms. The van der Waals surface area contributed by atoms with Gasteiger partial charge in [-0.3, -0.25) is 0 Å². The number of amides is 1. The van der Waals surface area contributed by atoms with Gasteiger partial charge >= 0.3 is 6.09 Å². The topological polar surface area (TPSA) is 51.7 Å². The molecule has 1 saturated heterocycles. The van der Waals surface area contributed by atoms with Gasteiger partial charge in [0, 0.05) is 25.4 Å². The third-order valence-electron chi connectivity index (χ3n) is 4.22. The summed E-state index contributed by atoms with van der Waals surface area (Å²) in [6.45, 7) is 8.20. The van der Waals surface area contributed by atoms with Crippen LogP contribution in [0.4, 0.5) is 4.79 Å². The lowest BCUT2D eigenvalue weighted by Gasteiger charge is -2.31. The molecule has 0 bridgehead atoms. The Morgan fingerprint density at radius 3 is 2.74 bits per heavy atom. The second-order valence-corrected chi connectivity index (χ2v) is 6.40. The van der Waals surface area contributed by atoms with E-state index < -0.39 is 0 Å². The van der Waals surface area contributed by atoms with Gasteiger partial charge in [-0.15, -0.1) is 0 Å². The molecule has 1 atom stereocenters. The number of carbonyl (C=O) groups excluding carboxylic acids is 1. The molecule has 128 valence electrons. The Labute approximate surface area is 139 Å². The first-order valence-corrected chi connectivity index (χ1v) is 8.59. The largest absolute Gasteiger partial charge is 0.477 e. The number of carbonyl (C=O) groups is 1. The Hall–Kier alpha value is -1.78. The summed E-state index contributed by atoms with van der Waals surface area (Å²) in [5, 5.41) is 0. The van der Waals surface area contributed by atoms with Crippen molar-refractivity contribution < 1.29 is 14.3 Å². The molecule has 0 N–H and O–H groups in total. The van der Waals surface area contributed by atoms with E-state index in [1.807, 2.05) is 37.1 Å². The molecule has 5 nitrogen and oxygen atoms in total. The van der Waals surface area contributed by atoms with Crippen molar-refractivity contribution in [1.82, 2.24) is 9.88 Å². The summed E-state index contributed by atoms with van der Waals surface area (Å²) < 4.78 is 11.2. The lowest BCUT2D eigenvalue weighted by atomic mass is 9.98. The Morgan fingerprint density at radius 1 is 1.39 bits per heavy atom. The zero-order valence-corrected chi connectivity index (χ0v) is 14.5. The van der Waals surface area contributed by atoms with Gasteiger partial charge in [0.1, 0.15) is 6.10 Å². The molecule has 0 saturated carbocycles. The van der Waals surface area contributed by atoms with Gasteiger partial charge in [-0.2, -0.15) is 0 Å². The van der Waals surface area contributed by atoms with Gasteiger partial charge in [0.15, 0.2) is 0 Å². The van der Waals surface area contributed by atoms with E-state index in [-0.39, 0.29) is 12.2 Å². The fourth-order valence-electron chi connectivity index (χ4n) is 2.74. The molecule has 0 aromatic carbocycles. The Kier molecular flexibility index (Phi) is 6.68. The highest BCUT2D eigenvalue weighted by Crippen LogP contribution is 2.20. The van der Waals surface area contributed by atoms with Crippen molar-refractivity contribution in [2.75, 3.05) is 19.7 Å². The van der Waals surface area contributed by atoms with E-state index in [2.05, 4.69) is 11.9 Å². The van der Waals surface area contributed by atoms with Crippen LogP contribution in [0.1, 0.15) is 45.1 Å². The maximum Gasteiger partial charge on any atom is 0.410 e. The van der Waals surface area contributed by atoms with Crippen molar-refractivity contribution >= 4 is 6.09 Å². The van der Waals surface area contributed by atoms with Crippen molar-refractivity contribution in [3.63, 3.8) is 0 Å². The summed E-state index contributed by atoms with van der Waals surface area (Å²) in [6, 6.07) is 3.90. The zero-order chi connectivity index (χ0) is 16.7. The predicted octanol–water partition coefficient (Wildman–Crippen LogP) is 3.81. The molecule has 1 fully saturated rings. The molecule has 2 rings (SSSR count). The fraction of sp³-hybridized carbons (Fsp3) is 0.667. The first kappa shape index (κ1) is 17.6. The third-order valence-corrected chi connectivity index (χ3v) is 4.22. The van der Waals surface area contributed by atoms with Crippen LogP contribution in [0.2, 0.25) is 0 Å². The number of ether oxygens (including phenoxy) is 2. The van der Waals surface area contributed by atoms with Gasteiger partial charge in [-0.25, -0.2) is 9.78 Å². The fourth-order valence-corrected chi connectivity index (χ4v) is 2.74. The highest BCUT2D eigenvalue weighted by atomic mass is 16.6. The van der Waals surface area contributed by atoms with Crippen molar-refractivity contribution in [3.05, 3.63) is 23.9 Å². The molecule has 0 spiro atoms. The van der Waals surface area contributed by atoms with E-state index in [4.69, 9.17) is 9.47 Å². The van der Waals surface area contributed by atoms with Gasteiger partial charge in [-0.05, 0) is 44.6 Å². The predicted molar refractivity (Wildman–Crippen MR) is 89.6 cm³/mol. The van der Waals surface area contributed by atoms with E-state index in [9.17, 15) is 4.79 Å². The number of pyridine rings is 1. The Bertz CT molecular complexity index is 482. The van der Waals surface area contributed by atoms with Gasteiger partial charge in [0.25, 0.3) is 0 Å². The molecule has 1 aliphatic heterocycles. The van der Waals surface area contributed by atoms with Crippen LogP contribution in [-0.2, 0) is 4.74 Å². The minimum atomic E-state index is -0.175. The lowest BCUT2D eigenvalue weighted by Crippen LogP contribution is -2.41. The number of aryl methyl sites for hydroxylation is 1. The molecule has 1 aliphatic rings. The van der Waals surface area contributed by atoms with Crippen LogP contribution >= 0.6 is 0 Å². The number of piperidine rings is 1. The molecular weight excluding hydrogens is 292 g/mol. The summed E-state index contributed by atoms with van der Waals surface area (Å²) >= 11 is 0. The minimum absolute atomic E-state index is 0.00108. The summed E-state index contributed by atoms with van der Waals surface area (Å²) in [7, 11) is 0. The first-order chi connectivity index (χ1) is 11.1. The van der Waals surface area contributed by atoms with Crippen LogP contribution in [0.15, 0.2) is 18.3 Å². The van der Waals surface area contributed by atoms with E-state index in [0.717, 1.165) is 44.3 Å². The third kappa shape index (κ3) is 5.73. The van der Waals surface area contributed by atoms with Crippen LogP contribution < -0.4 is 4.74 Å². The van der Waals surface area contributed by atoms with Crippen LogP contribution in [-0.4, -0.2) is 41.8 Å². The van der Waals surface area contributed by atoms with Crippen molar-refractivity contribution in [2.45, 2.75) is 52.6 Å². The SMILES string of the molecule is CCCC(C)OC(=O)N1CCC(COc2ccc(C)cn2)CC1. The maximum atomic E-state index is 12.1. The Balaban J connectivity index is 1.69. The van der Waals surface area contributed by atoms with Crippen LogP contribution in [0.3, 0.4) is 0 Å². The van der Waals surface area contributed by atoms with Crippen LogP contribution in [0.5, 0.6) is 5.88 Å². The summed E-state index contributed by atoms with van der Waals surface area (Å²) in [6.07, 6.45) is 5.48. The highest BCUT2D eigenvalue weighted by molar-refractivity contribution is 5.67. The van der Waals surface area contributed by atoms with Crippen LogP contribution in [0, 0.1) is 12.8 Å². The average molecular weight is 320 g/mol. The number of aromatic nitrogens is 1. The molecule has 1 unspecified atom stereocenters. The molecule has 1 aromatic heterocycles. The van der Waals surface area contributed by atoms with Crippen LogP contribution in [0.25, 0.3) is 0 Å². The van der Waals surface area contributed by atoms with Gasteiger partial charge < -0.3 is 14.4 Å². The van der Waals surface area contributed by atoms with Crippen molar-refractivity contribution in [3.8, 4) is 5.88 Å². The molecule has 0 aliphatic carbocycles. The number of hydrogen-bond acceptors (Lipinski definition) is 4. The van der Waals surface area contributed by atoms with E-state index >= 15 is 0 Å². The van der Waals surface area contributed by atoms with Crippen molar-refractivity contribution in [1.29, 1.82) is 0 Å². The number of rotatable bonds is 6. The lowest BCUT2D eigenvalue weighted by molar-refractivity contribution is 0.0521. The molecular formula is C18H28N2O3. The monoisotopic (exact) mass is 320 g/mol. The van der Waals surface area contributed by atoms with E-state index in [1.165, 1.54) is 0 Å². The minimum Gasteiger partial charge on any atom is -0.477 e. The number of hydrogen-bond donors (Lipinski definition) is 0. The first-order valence-electron chi connectivity index (χ1n) is 8.59.